The summed E-state index contributed by atoms with van der Waals surface area (Å²) in [6.45, 7) is 2.10. The van der Waals surface area contributed by atoms with Crippen molar-refractivity contribution in [2.75, 3.05) is 13.7 Å². The van der Waals surface area contributed by atoms with Crippen molar-refractivity contribution in [1.82, 2.24) is 10.6 Å². The van der Waals surface area contributed by atoms with E-state index in [1.54, 1.807) is 7.11 Å². The van der Waals surface area contributed by atoms with Crippen LogP contribution in [0.2, 0.25) is 0 Å². The molecule has 1 unspecified atom stereocenters. The monoisotopic (exact) mass is 394 g/mol. The van der Waals surface area contributed by atoms with Gasteiger partial charge in [-0.15, -0.1) is 0 Å². The zero-order valence-electron chi connectivity index (χ0n) is 17.2. The molecule has 1 fully saturated rings. The van der Waals surface area contributed by atoms with E-state index in [1.807, 2.05) is 30.3 Å². The van der Waals surface area contributed by atoms with E-state index in [0.717, 1.165) is 24.2 Å². The summed E-state index contributed by atoms with van der Waals surface area (Å²) >= 11 is 0. The summed E-state index contributed by atoms with van der Waals surface area (Å²) in [4.78, 5) is 24.4. The highest BCUT2D eigenvalue weighted by Gasteiger charge is 2.35. The minimum atomic E-state index is -0.366. The normalized spacial score (nSPS) is 16.1. The number of methoxy groups -OCH3 is 1. The molecule has 1 aliphatic rings. The lowest BCUT2D eigenvalue weighted by molar-refractivity contribution is -0.123. The second-order valence-corrected chi connectivity index (χ2v) is 7.86. The second-order valence-electron chi connectivity index (χ2n) is 7.86. The first-order valence-electron chi connectivity index (χ1n) is 10.3. The first-order chi connectivity index (χ1) is 14.0. The molecule has 0 bridgehead atoms. The summed E-state index contributed by atoms with van der Waals surface area (Å²) in [5.74, 6) is 0.530. The molecule has 0 radical (unpaired) electrons. The lowest BCUT2D eigenvalue weighted by Gasteiger charge is -2.30. The van der Waals surface area contributed by atoms with Gasteiger partial charge in [-0.2, -0.15) is 0 Å². The van der Waals surface area contributed by atoms with Crippen molar-refractivity contribution in [2.24, 2.45) is 0 Å². The summed E-state index contributed by atoms with van der Waals surface area (Å²) in [7, 11) is 1.61. The number of hydrogen-bond acceptors (Lipinski definition) is 3. The molecular formula is C24H30N2O3. The summed E-state index contributed by atoms with van der Waals surface area (Å²) in [5, 5.41) is 6.04. The Morgan fingerprint density at radius 2 is 1.69 bits per heavy atom. The van der Waals surface area contributed by atoms with Crippen molar-refractivity contribution in [3.05, 3.63) is 65.7 Å². The number of benzene rings is 2. The average Bonchev–Trinajstić information content (AvgIpc) is 3.22. The number of ether oxygens (including phenoxy) is 1. The maximum atomic E-state index is 12.8. The molecule has 2 amide bonds. The molecule has 0 aromatic heterocycles. The fraction of sp³-hybridized carbons (Fsp3) is 0.417. The van der Waals surface area contributed by atoms with Crippen LogP contribution in [0, 0.1) is 0 Å². The summed E-state index contributed by atoms with van der Waals surface area (Å²) < 4.78 is 5.19. The van der Waals surface area contributed by atoms with Gasteiger partial charge in [0, 0.05) is 18.9 Å². The van der Waals surface area contributed by atoms with E-state index in [-0.39, 0.29) is 29.7 Å². The molecule has 3 rings (SSSR count). The van der Waals surface area contributed by atoms with Crippen LogP contribution in [0.5, 0.6) is 5.75 Å². The van der Waals surface area contributed by atoms with Crippen LogP contribution in [0.25, 0.3) is 0 Å². The van der Waals surface area contributed by atoms with E-state index in [0.29, 0.717) is 6.54 Å². The van der Waals surface area contributed by atoms with Crippen molar-refractivity contribution in [3.63, 3.8) is 0 Å². The van der Waals surface area contributed by atoms with Gasteiger partial charge < -0.3 is 15.4 Å². The lowest BCUT2D eigenvalue weighted by Crippen LogP contribution is -2.40. The van der Waals surface area contributed by atoms with Crippen molar-refractivity contribution >= 4 is 11.8 Å². The van der Waals surface area contributed by atoms with Crippen LogP contribution in [0.1, 0.15) is 56.2 Å². The minimum absolute atomic E-state index is 0.0144. The number of nitrogens with one attached hydrogen (secondary N) is 2. The first kappa shape index (κ1) is 20.9. The van der Waals surface area contributed by atoms with Gasteiger partial charge >= 0.3 is 0 Å². The molecule has 0 saturated heterocycles. The standard InChI is InChI=1S/C24H30N2O3/c1-18(27)26-22(19-10-12-21(29-2)13-11-19)16-23(28)25-17-24(14-6-7-15-24)20-8-4-3-5-9-20/h3-5,8-13,22H,6-7,14-17H2,1-2H3,(H,25,28)(H,26,27). The number of rotatable bonds is 8. The van der Waals surface area contributed by atoms with Gasteiger partial charge in [0.15, 0.2) is 0 Å². The van der Waals surface area contributed by atoms with Crippen molar-refractivity contribution < 1.29 is 14.3 Å². The summed E-state index contributed by atoms with van der Waals surface area (Å²) in [6.07, 6.45) is 4.75. The molecular weight excluding hydrogens is 364 g/mol. The topological polar surface area (TPSA) is 67.4 Å². The van der Waals surface area contributed by atoms with Gasteiger partial charge in [-0.05, 0) is 36.1 Å². The van der Waals surface area contributed by atoms with E-state index < -0.39 is 0 Å². The number of carbonyl (C=O) groups excluding carboxylic acids is 2. The van der Waals surface area contributed by atoms with Gasteiger partial charge in [0.05, 0.1) is 19.6 Å². The SMILES string of the molecule is COc1ccc(C(CC(=O)NCC2(c3ccccc3)CCCC2)NC(C)=O)cc1. The third kappa shape index (κ3) is 5.37. The number of carbonyl (C=O) groups is 2. The Labute approximate surface area is 172 Å². The predicted molar refractivity (Wildman–Crippen MR) is 114 cm³/mol. The average molecular weight is 395 g/mol. The molecule has 2 aromatic rings. The molecule has 29 heavy (non-hydrogen) atoms. The predicted octanol–water partition coefficient (Wildman–Crippen LogP) is 3.89. The van der Waals surface area contributed by atoms with Gasteiger partial charge in [-0.3, -0.25) is 9.59 Å². The molecule has 5 heteroatoms. The Morgan fingerprint density at radius 1 is 1.03 bits per heavy atom. The summed E-state index contributed by atoms with van der Waals surface area (Å²) in [6, 6.07) is 17.6. The Kier molecular flexibility index (Phi) is 6.91. The Balaban J connectivity index is 1.67. The Hall–Kier alpha value is -2.82. The van der Waals surface area contributed by atoms with Crippen LogP contribution in [0.4, 0.5) is 0 Å². The zero-order valence-corrected chi connectivity index (χ0v) is 17.2. The van der Waals surface area contributed by atoms with Gasteiger partial charge in [-0.1, -0.05) is 55.3 Å². The summed E-state index contributed by atoms with van der Waals surface area (Å²) in [5.41, 5.74) is 2.20. The van der Waals surface area contributed by atoms with Crippen LogP contribution in [0.3, 0.4) is 0 Å². The maximum absolute atomic E-state index is 12.8. The maximum Gasteiger partial charge on any atom is 0.222 e. The van der Waals surface area contributed by atoms with Crippen LogP contribution in [-0.4, -0.2) is 25.5 Å². The van der Waals surface area contributed by atoms with E-state index in [4.69, 9.17) is 4.74 Å². The molecule has 2 N–H and O–H groups in total. The first-order valence-corrected chi connectivity index (χ1v) is 10.3. The molecule has 1 aliphatic carbocycles. The van der Waals surface area contributed by atoms with E-state index in [2.05, 4.69) is 34.9 Å². The van der Waals surface area contributed by atoms with Crippen molar-refractivity contribution in [1.29, 1.82) is 0 Å². The molecule has 1 saturated carbocycles. The second kappa shape index (κ2) is 9.59. The van der Waals surface area contributed by atoms with Gasteiger partial charge in [0.1, 0.15) is 5.75 Å². The number of hydrogen-bond donors (Lipinski definition) is 2. The lowest BCUT2D eigenvalue weighted by atomic mass is 9.79. The van der Waals surface area contributed by atoms with Gasteiger partial charge in [-0.25, -0.2) is 0 Å². The smallest absolute Gasteiger partial charge is 0.222 e. The largest absolute Gasteiger partial charge is 0.497 e. The highest BCUT2D eigenvalue weighted by Crippen LogP contribution is 2.40. The van der Waals surface area contributed by atoms with Gasteiger partial charge in [0.25, 0.3) is 0 Å². The molecule has 5 nitrogen and oxygen atoms in total. The fourth-order valence-corrected chi connectivity index (χ4v) is 4.27. The highest BCUT2D eigenvalue weighted by atomic mass is 16.5. The Bertz CT molecular complexity index is 812. The molecule has 2 aromatic carbocycles. The molecule has 154 valence electrons. The van der Waals surface area contributed by atoms with E-state index >= 15 is 0 Å². The molecule has 0 spiro atoms. The van der Waals surface area contributed by atoms with Crippen LogP contribution in [0.15, 0.2) is 54.6 Å². The minimum Gasteiger partial charge on any atom is -0.497 e. The third-order valence-corrected chi connectivity index (χ3v) is 5.86. The van der Waals surface area contributed by atoms with E-state index in [9.17, 15) is 9.59 Å². The van der Waals surface area contributed by atoms with Crippen LogP contribution >= 0.6 is 0 Å². The van der Waals surface area contributed by atoms with Gasteiger partial charge in [0.2, 0.25) is 11.8 Å². The van der Waals surface area contributed by atoms with Crippen LogP contribution in [-0.2, 0) is 15.0 Å². The molecule has 0 heterocycles. The molecule has 0 aliphatic heterocycles. The van der Waals surface area contributed by atoms with E-state index in [1.165, 1.54) is 25.3 Å². The fourth-order valence-electron chi connectivity index (χ4n) is 4.27. The van der Waals surface area contributed by atoms with Crippen molar-refractivity contribution in [3.8, 4) is 5.75 Å². The quantitative estimate of drug-likeness (QED) is 0.714. The number of amides is 2. The Morgan fingerprint density at radius 3 is 2.28 bits per heavy atom. The van der Waals surface area contributed by atoms with Crippen molar-refractivity contribution in [2.45, 2.75) is 50.5 Å². The highest BCUT2D eigenvalue weighted by molar-refractivity contribution is 5.79. The third-order valence-electron chi connectivity index (χ3n) is 5.86. The molecule has 1 atom stereocenters. The zero-order chi connectivity index (χ0) is 20.7. The van der Waals surface area contributed by atoms with Crippen LogP contribution < -0.4 is 15.4 Å².